The highest BCUT2D eigenvalue weighted by molar-refractivity contribution is 5.82. The molecule has 49 heavy (non-hydrogen) atoms. The van der Waals surface area contributed by atoms with Gasteiger partial charge in [-0.25, -0.2) is 0 Å². The van der Waals surface area contributed by atoms with Crippen LogP contribution >= 0.6 is 0 Å². The van der Waals surface area contributed by atoms with Crippen LogP contribution < -0.4 is 0 Å². The van der Waals surface area contributed by atoms with Crippen LogP contribution in [0.4, 0.5) is 0 Å². The van der Waals surface area contributed by atoms with Crippen LogP contribution in [0.1, 0.15) is 205 Å². The van der Waals surface area contributed by atoms with E-state index in [0.29, 0.717) is 0 Å². The number of rotatable bonds is 22. The van der Waals surface area contributed by atoms with Gasteiger partial charge in [-0.15, -0.1) is 0 Å². The van der Waals surface area contributed by atoms with E-state index >= 15 is 0 Å². The molecule has 0 atom stereocenters. The molecule has 0 saturated heterocycles. The minimum atomic E-state index is -1.03. The molecule has 0 unspecified atom stereocenters. The number of fused-ring (bicyclic) bond motifs is 3. The minimum Gasteiger partial charge on any atom is -0.378 e. The van der Waals surface area contributed by atoms with E-state index in [-0.39, 0.29) is 5.41 Å². The zero-order chi connectivity index (χ0) is 35.6. The second kappa shape index (κ2) is 21.0. The van der Waals surface area contributed by atoms with Gasteiger partial charge in [0.25, 0.3) is 0 Å². The maximum absolute atomic E-state index is 10.4. The van der Waals surface area contributed by atoms with E-state index in [1.54, 1.807) is 27.7 Å². The molecule has 2 aromatic rings. The predicted octanol–water partition coefficient (Wildman–Crippen LogP) is 12.8. The fourth-order valence-corrected chi connectivity index (χ4v) is 7.59. The lowest BCUT2D eigenvalue weighted by Crippen LogP contribution is -2.26. The highest BCUT2D eigenvalue weighted by Gasteiger charge is 2.42. The van der Waals surface area contributed by atoms with Crippen molar-refractivity contribution in [2.24, 2.45) is 0 Å². The third-order valence-corrected chi connectivity index (χ3v) is 10.3. The summed E-state index contributed by atoms with van der Waals surface area (Å²) in [4.78, 5) is 0. The Labute approximate surface area is 302 Å². The van der Waals surface area contributed by atoms with Crippen molar-refractivity contribution in [2.45, 2.75) is 199 Å². The number of aliphatic hydroxyl groups is 2. The van der Waals surface area contributed by atoms with E-state index in [1.807, 2.05) is 0 Å². The molecule has 3 rings (SSSR count). The Morgan fingerprint density at radius 3 is 1.08 bits per heavy atom. The van der Waals surface area contributed by atoms with Gasteiger partial charge in [-0.05, 0) is 87.1 Å². The monoisotopic (exact) mass is 667 g/mol. The number of benzene rings is 2. The van der Waals surface area contributed by atoms with Crippen LogP contribution in [0.5, 0.6) is 0 Å². The van der Waals surface area contributed by atoms with Crippen molar-refractivity contribution in [3.63, 3.8) is 0 Å². The third-order valence-electron chi connectivity index (χ3n) is 10.3. The Kier molecular flexibility index (Phi) is 17.5. The lowest BCUT2D eigenvalue weighted by atomic mass is 9.70. The molecular weight excluding hydrogens is 597 g/mol. The van der Waals surface area contributed by atoms with Crippen LogP contribution in [0.3, 0.4) is 0 Å². The summed E-state index contributed by atoms with van der Waals surface area (Å²) in [5.74, 6) is 12.7. The standard InChI is InChI=1S/C47H70O2/c1-7-9-11-13-15-17-19-21-23-25-33-47(34-26-24-22-20-18-16-14-12-10-8-2)43-37-39(31-35-45(3,4)48)27-29-41(43)42-30-28-40(38-44(42)47)32-36-46(5,6)49/h27-30,37-38,48-49H,7-26,33-34H2,1-6H3. The van der Waals surface area contributed by atoms with Crippen molar-refractivity contribution in [3.8, 4) is 34.8 Å². The van der Waals surface area contributed by atoms with Gasteiger partial charge in [-0.1, -0.05) is 178 Å². The first-order valence-corrected chi connectivity index (χ1v) is 20.3. The van der Waals surface area contributed by atoms with E-state index < -0.39 is 11.2 Å². The maximum Gasteiger partial charge on any atom is 0.120 e. The largest absolute Gasteiger partial charge is 0.378 e. The summed E-state index contributed by atoms with van der Waals surface area (Å²) in [6, 6.07) is 13.5. The van der Waals surface area contributed by atoms with E-state index in [4.69, 9.17) is 0 Å². The van der Waals surface area contributed by atoms with Crippen molar-refractivity contribution < 1.29 is 10.2 Å². The topological polar surface area (TPSA) is 40.5 Å². The fraction of sp³-hybridized carbons (Fsp3) is 0.660. The van der Waals surface area contributed by atoms with Crippen molar-refractivity contribution in [1.82, 2.24) is 0 Å². The summed E-state index contributed by atoms with van der Waals surface area (Å²) in [6.07, 6.45) is 29.0. The molecule has 0 saturated carbocycles. The summed E-state index contributed by atoms with van der Waals surface area (Å²) < 4.78 is 0. The van der Waals surface area contributed by atoms with E-state index in [9.17, 15) is 10.2 Å². The molecule has 2 nitrogen and oxygen atoms in total. The van der Waals surface area contributed by atoms with Gasteiger partial charge in [0.05, 0.1) is 0 Å². The van der Waals surface area contributed by atoms with Crippen LogP contribution in [0.25, 0.3) is 11.1 Å². The average molecular weight is 667 g/mol. The highest BCUT2D eigenvalue weighted by atomic mass is 16.3. The van der Waals surface area contributed by atoms with Crippen molar-refractivity contribution in [3.05, 3.63) is 58.7 Å². The van der Waals surface area contributed by atoms with Gasteiger partial charge in [0.2, 0.25) is 0 Å². The SMILES string of the molecule is CCCCCCCCCCCCC1(CCCCCCCCCCCC)c2cc(C#CC(C)(C)O)ccc2-c2ccc(C#CC(C)(C)O)cc21. The molecule has 0 heterocycles. The molecule has 0 radical (unpaired) electrons. The molecule has 0 fully saturated rings. The molecule has 270 valence electrons. The summed E-state index contributed by atoms with van der Waals surface area (Å²) in [5, 5.41) is 20.7. The summed E-state index contributed by atoms with van der Waals surface area (Å²) in [5.41, 5.74) is 5.28. The first kappa shape index (κ1) is 40.9. The van der Waals surface area contributed by atoms with E-state index in [1.165, 1.54) is 151 Å². The molecule has 1 aliphatic rings. The third kappa shape index (κ3) is 14.3. The molecule has 0 aliphatic heterocycles. The molecule has 0 spiro atoms. The van der Waals surface area contributed by atoms with Gasteiger partial charge < -0.3 is 10.2 Å². The van der Waals surface area contributed by atoms with Crippen LogP contribution in [0, 0.1) is 23.7 Å². The predicted molar refractivity (Wildman–Crippen MR) is 212 cm³/mol. The Morgan fingerprint density at radius 1 is 0.469 bits per heavy atom. The second-order valence-corrected chi connectivity index (χ2v) is 16.1. The summed E-state index contributed by atoms with van der Waals surface area (Å²) in [6.45, 7) is 11.6. The van der Waals surface area contributed by atoms with E-state index in [0.717, 1.165) is 24.0 Å². The average Bonchev–Trinajstić information content (AvgIpc) is 3.32. The first-order chi connectivity index (χ1) is 23.5. The second-order valence-electron chi connectivity index (χ2n) is 16.1. The molecular formula is C47H70O2. The Morgan fingerprint density at radius 2 is 0.776 bits per heavy atom. The smallest absolute Gasteiger partial charge is 0.120 e. The van der Waals surface area contributed by atoms with Gasteiger partial charge >= 0.3 is 0 Å². The quantitative estimate of drug-likeness (QED) is 0.0970. The number of hydrogen-bond acceptors (Lipinski definition) is 2. The van der Waals surface area contributed by atoms with E-state index in [2.05, 4.69) is 73.9 Å². The van der Waals surface area contributed by atoms with Gasteiger partial charge in [0.1, 0.15) is 11.2 Å². The molecule has 2 N–H and O–H groups in total. The summed E-state index contributed by atoms with van der Waals surface area (Å²) >= 11 is 0. The minimum absolute atomic E-state index is 0.0795. The fourth-order valence-electron chi connectivity index (χ4n) is 7.59. The molecule has 0 bridgehead atoms. The normalized spacial score (nSPS) is 13.3. The van der Waals surface area contributed by atoms with Crippen molar-refractivity contribution in [2.75, 3.05) is 0 Å². The molecule has 0 aromatic heterocycles. The van der Waals surface area contributed by atoms with Crippen molar-refractivity contribution in [1.29, 1.82) is 0 Å². The Hall–Kier alpha value is -2.52. The first-order valence-electron chi connectivity index (χ1n) is 20.3. The Bertz CT molecular complexity index is 1270. The zero-order valence-corrected chi connectivity index (χ0v) is 32.4. The zero-order valence-electron chi connectivity index (χ0n) is 32.4. The highest BCUT2D eigenvalue weighted by Crippen LogP contribution is 2.54. The number of hydrogen-bond donors (Lipinski definition) is 2. The molecule has 2 heteroatoms. The number of unbranched alkanes of at least 4 members (excludes halogenated alkanes) is 18. The molecule has 0 amide bonds. The van der Waals surface area contributed by atoms with Gasteiger partial charge in [0.15, 0.2) is 0 Å². The van der Waals surface area contributed by atoms with Crippen LogP contribution in [-0.4, -0.2) is 21.4 Å². The van der Waals surface area contributed by atoms with Gasteiger partial charge in [0, 0.05) is 16.5 Å². The van der Waals surface area contributed by atoms with Crippen LogP contribution in [0.15, 0.2) is 36.4 Å². The lowest BCUT2D eigenvalue weighted by molar-refractivity contribution is 0.143. The maximum atomic E-state index is 10.4. The van der Waals surface area contributed by atoms with Crippen LogP contribution in [0.2, 0.25) is 0 Å². The van der Waals surface area contributed by atoms with Crippen LogP contribution in [-0.2, 0) is 5.41 Å². The van der Waals surface area contributed by atoms with Crippen molar-refractivity contribution >= 4 is 0 Å². The molecule has 2 aromatic carbocycles. The Balaban J connectivity index is 1.87. The molecule has 1 aliphatic carbocycles. The van der Waals surface area contributed by atoms with Gasteiger partial charge in [-0.2, -0.15) is 0 Å². The summed E-state index contributed by atoms with van der Waals surface area (Å²) in [7, 11) is 0. The lowest BCUT2D eigenvalue weighted by Gasteiger charge is -2.33. The van der Waals surface area contributed by atoms with Gasteiger partial charge in [-0.3, -0.25) is 0 Å².